The molecule has 9 heteroatoms. The first-order chi connectivity index (χ1) is 15.6. The average molecular weight is 453 g/mol. The third kappa shape index (κ3) is 4.76. The Morgan fingerprint density at radius 2 is 1.82 bits per heavy atom. The molecule has 0 atom stereocenters. The van der Waals surface area contributed by atoms with Crippen molar-refractivity contribution in [1.82, 2.24) is 5.32 Å². The highest BCUT2D eigenvalue weighted by Gasteiger charge is 2.35. The second kappa shape index (κ2) is 8.73. The van der Waals surface area contributed by atoms with Crippen LogP contribution in [0.25, 0.3) is 0 Å². The van der Waals surface area contributed by atoms with Crippen LogP contribution in [0.15, 0.2) is 42.5 Å². The van der Waals surface area contributed by atoms with Gasteiger partial charge in [-0.05, 0) is 51.8 Å². The van der Waals surface area contributed by atoms with Crippen LogP contribution in [0.2, 0.25) is 0 Å². The summed E-state index contributed by atoms with van der Waals surface area (Å²) in [6.45, 7) is 6.93. The smallest absolute Gasteiger partial charge is 0.414 e. The highest BCUT2D eigenvalue weighted by molar-refractivity contribution is 5.96. The number of nitro benzene ring substituents is 1. The van der Waals surface area contributed by atoms with E-state index in [1.807, 2.05) is 49.9 Å². The number of carbonyl (C=O) groups excluding carboxylic acids is 2. The van der Waals surface area contributed by atoms with E-state index in [0.717, 1.165) is 11.3 Å². The maximum absolute atomic E-state index is 12.5. The first-order valence-corrected chi connectivity index (χ1v) is 11.0. The second-order valence-corrected chi connectivity index (χ2v) is 9.44. The summed E-state index contributed by atoms with van der Waals surface area (Å²) in [5.41, 5.74) is 2.03. The number of hydrogen-bond acceptors (Lipinski definition) is 6. The average Bonchev–Trinajstić information content (AvgIpc) is 2.77. The maximum atomic E-state index is 12.5. The summed E-state index contributed by atoms with van der Waals surface area (Å²) in [7, 11) is 0. The zero-order valence-corrected chi connectivity index (χ0v) is 19.0. The van der Waals surface area contributed by atoms with Crippen molar-refractivity contribution in [2.75, 3.05) is 22.9 Å². The number of nitro groups is 1. The number of nitrogens with zero attached hydrogens (tertiary/aromatic N) is 3. The summed E-state index contributed by atoms with van der Waals surface area (Å²) in [6, 6.07) is 12.2. The summed E-state index contributed by atoms with van der Waals surface area (Å²) >= 11 is 0. The van der Waals surface area contributed by atoms with Crippen molar-refractivity contribution in [2.24, 2.45) is 0 Å². The Labute approximate surface area is 192 Å². The number of para-hydroxylation sites is 1. The fourth-order valence-electron chi connectivity index (χ4n) is 4.38. The van der Waals surface area contributed by atoms with Crippen LogP contribution in [0.4, 0.5) is 21.9 Å². The number of hydrogen-bond donors (Lipinski definition) is 1. The monoisotopic (exact) mass is 452 g/mol. The molecule has 33 heavy (non-hydrogen) atoms. The Morgan fingerprint density at radius 3 is 2.48 bits per heavy atom. The normalized spacial score (nSPS) is 16.8. The van der Waals surface area contributed by atoms with E-state index in [1.54, 1.807) is 17.0 Å². The number of piperidine rings is 1. The van der Waals surface area contributed by atoms with Crippen LogP contribution in [0.5, 0.6) is 0 Å². The molecule has 0 spiro atoms. The number of carbonyl (C=O) groups is 2. The topological polar surface area (TPSA) is 105 Å². The Hall–Kier alpha value is -3.62. The first-order valence-electron chi connectivity index (χ1n) is 11.0. The van der Waals surface area contributed by atoms with Crippen molar-refractivity contribution in [3.8, 4) is 0 Å². The molecule has 0 unspecified atom stereocenters. The van der Waals surface area contributed by atoms with Gasteiger partial charge in [0.25, 0.3) is 11.6 Å². The molecule has 2 aromatic rings. The molecule has 0 aromatic heterocycles. The van der Waals surface area contributed by atoms with Gasteiger partial charge in [0.05, 0.1) is 10.6 Å². The van der Waals surface area contributed by atoms with E-state index in [-0.39, 0.29) is 35.9 Å². The SMILES string of the molecule is CC(C)(C)NC(=O)c1ccc(N2CCC(N3C(=O)OCc4ccccc43)CC2)c([N+](=O)[O-])c1. The standard InChI is InChI=1S/C24H28N4O5/c1-24(2,3)25-22(29)16-8-9-20(21(14-16)28(31)32)26-12-10-18(11-13-26)27-19-7-5-4-6-17(19)15-33-23(27)30/h4-9,14,18H,10-13,15H2,1-3H3,(H,25,29). The fraction of sp³-hybridized carbons (Fsp3) is 0.417. The minimum absolute atomic E-state index is 0.0499. The van der Waals surface area contributed by atoms with E-state index in [1.165, 1.54) is 6.07 Å². The molecule has 0 aliphatic carbocycles. The minimum atomic E-state index is -0.451. The van der Waals surface area contributed by atoms with Crippen molar-refractivity contribution in [3.63, 3.8) is 0 Å². The highest BCUT2D eigenvalue weighted by Crippen LogP contribution is 2.35. The van der Waals surface area contributed by atoms with Crippen molar-refractivity contribution in [3.05, 3.63) is 63.7 Å². The Balaban J connectivity index is 1.51. The summed E-state index contributed by atoms with van der Waals surface area (Å²) < 4.78 is 5.35. The van der Waals surface area contributed by atoms with Crippen molar-refractivity contribution in [2.45, 2.75) is 51.8 Å². The van der Waals surface area contributed by atoms with E-state index >= 15 is 0 Å². The maximum Gasteiger partial charge on any atom is 0.414 e. The van der Waals surface area contributed by atoms with E-state index in [2.05, 4.69) is 5.32 Å². The molecular weight excluding hydrogens is 424 g/mol. The van der Waals surface area contributed by atoms with Crippen molar-refractivity contribution < 1.29 is 19.2 Å². The Bertz CT molecular complexity index is 1090. The van der Waals surface area contributed by atoms with Gasteiger partial charge in [0.2, 0.25) is 0 Å². The number of anilines is 2. The minimum Gasteiger partial charge on any atom is -0.444 e. The van der Waals surface area contributed by atoms with Gasteiger partial charge in [-0.3, -0.25) is 19.8 Å². The Kier molecular flexibility index (Phi) is 5.97. The van der Waals surface area contributed by atoms with Gasteiger partial charge in [-0.2, -0.15) is 0 Å². The lowest BCUT2D eigenvalue weighted by atomic mass is 9.99. The molecule has 4 rings (SSSR count). The summed E-state index contributed by atoms with van der Waals surface area (Å²) in [5, 5.41) is 14.6. The third-order valence-corrected chi connectivity index (χ3v) is 5.89. The number of nitrogens with one attached hydrogen (secondary N) is 1. The molecule has 2 aromatic carbocycles. The van der Waals surface area contributed by atoms with Crippen LogP contribution >= 0.6 is 0 Å². The lowest BCUT2D eigenvalue weighted by molar-refractivity contribution is -0.384. The van der Waals surface area contributed by atoms with Crippen LogP contribution in [0.1, 0.15) is 49.5 Å². The number of rotatable bonds is 4. The molecular formula is C24H28N4O5. The number of cyclic esters (lactones) is 1. The molecule has 0 radical (unpaired) electrons. The van der Waals surface area contributed by atoms with Crippen LogP contribution in [-0.2, 0) is 11.3 Å². The van der Waals surface area contributed by atoms with Gasteiger partial charge >= 0.3 is 6.09 Å². The molecule has 2 amide bonds. The van der Waals surface area contributed by atoms with Gasteiger partial charge in [0.1, 0.15) is 12.3 Å². The molecule has 9 nitrogen and oxygen atoms in total. The number of amides is 2. The summed E-state index contributed by atoms with van der Waals surface area (Å²) in [6.07, 6.45) is 0.937. The highest BCUT2D eigenvalue weighted by atomic mass is 16.6. The molecule has 1 N–H and O–H groups in total. The zero-order valence-electron chi connectivity index (χ0n) is 19.0. The van der Waals surface area contributed by atoms with Gasteiger partial charge in [0, 0.05) is 41.9 Å². The van der Waals surface area contributed by atoms with Gasteiger partial charge in [0.15, 0.2) is 0 Å². The molecule has 174 valence electrons. The zero-order chi connectivity index (χ0) is 23.8. The van der Waals surface area contributed by atoms with Crippen molar-refractivity contribution >= 4 is 29.1 Å². The van der Waals surface area contributed by atoms with Gasteiger partial charge in [-0.15, -0.1) is 0 Å². The van der Waals surface area contributed by atoms with Crippen molar-refractivity contribution in [1.29, 1.82) is 0 Å². The lowest BCUT2D eigenvalue weighted by Gasteiger charge is -2.40. The first kappa shape index (κ1) is 22.6. The van der Waals surface area contributed by atoms with Gasteiger partial charge in [-0.25, -0.2) is 4.79 Å². The molecule has 1 saturated heterocycles. The summed E-state index contributed by atoms with van der Waals surface area (Å²) in [5.74, 6) is -0.349. The number of benzene rings is 2. The predicted octanol–water partition coefficient (Wildman–Crippen LogP) is 4.25. The fourth-order valence-corrected chi connectivity index (χ4v) is 4.38. The van der Waals surface area contributed by atoms with E-state index in [4.69, 9.17) is 4.74 Å². The van der Waals surface area contributed by atoms with E-state index in [0.29, 0.717) is 31.6 Å². The number of ether oxygens (including phenoxy) is 1. The lowest BCUT2D eigenvalue weighted by Crippen LogP contribution is -2.49. The Morgan fingerprint density at radius 1 is 1.12 bits per heavy atom. The second-order valence-electron chi connectivity index (χ2n) is 9.44. The molecule has 0 saturated carbocycles. The molecule has 1 fully saturated rings. The quantitative estimate of drug-likeness (QED) is 0.549. The van der Waals surface area contributed by atoms with Gasteiger partial charge < -0.3 is 15.0 Å². The van der Waals surface area contributed by atoms with Gasteiger partial charge in [-0.1, -0.05) is 18.2 Å². The third-order valence-electron chi connectivity index (χ3n) is 5.89. The number of fused-ring (bicyclic) bond motifs is 1. The van der Waals surface area contributed by atoms with Crippen LogP contribution in [-0.4, -0.2) is 41.6 Å². The molecule has 0 bridgehead atoms. The predicted molar refractivity (Wildman–Crippen MR) is 125 cm³/mol. The van der Waals surface area contributed by atoms with E-state index < -0.39 is 10.5 Å². The van der Waals surface area contributed by atoms with Crippen LogP contribution in [0.3, 0.4) is 0 Å². The largest absolute Gasteiger partial charge is 0.444 e. The van der Waals surface area contributed by atoms with E-state index in [9.17, 15) is 19.7 Å². The van der Waals surface area contributed by atoms with Crippen LogP contribution in [0, 0.1) is 10.1 Å². The van der Waals surface area contributed by atoms with Crippen LogP contribution < -0.4 is 15.1 Å². The molecule has 2 aliphatic heterocycles. The summed E-state index contributed by atoms with van der Waals surface area (Å²) in [4.78, 5) is 40.0. The molecule has 2 aliphatic rings. The molecule has 2 heterocycles.